The second-order valence-electron chi connectivity index (χ2n) is 7.66. The van der Waals surface area contributed by atoms with Gasteiger partial charge in [0.2, 0.25) is 0 Å². The van der Waals surface area contributed by atoms with Crippen molar-refractivity contribution in [3.63, 3.8) is 0 Å². The highest BCUT2D eigenvalue weighted by atomic mass is 16.5. The highest BCUT2D eigenvalue weighted by molar-refractivity contribution is 5.97. The fourth-order valence-corrected chi connectivity index (χ4v) is 3.71. The molecule has 0 radical (unpaired) electrons. The van der Waals surface area contributed by atoms with Crippen molar-refractivity contribution < 1.29 is 13.9 Å². The van der Waals surface area contributed by atoms with Gasteiger partial charge in [0.15, 0.2) is 11.5 Å². The summed E-state index contributed by atoms with van der Waals surface area (Å²) in [5, 5.41) is 0. The Kier molecular flexibility index (Phi) is 4.56. The standard InChI is InChI=1S/C22H23N3O3/c26-22(16-8-9-19-20(12-16)28-21(24-19)15-6-7-15)25-11-3-5-18(13-25)27-14-17-4-1-2-10-23-17/h1-2,4,8-10,12,15,18H,3,5-7,11,13-14H2/t18-/m1/s1. The number of aromatic nitrogens is 2. The molecule has 2 aliphatic rings. The Hall–Kier alpha value is -2.73. The molecule has 1 saturated heterocycles. The number of hydrogen-bond acceptors (Lipinski definition) is 5. The number of rotatable bonds is 5. The lowest BCUT2D eigenvalue weighted by Gasteiger charge is -2.32. The van der Waals surface area contributed by atoms with Crippen LogP contribution in [0.5, 0.6) is 0 Å². The topological polar surface area (TPSA) is 68.5 Å². The van der Waals surface area contributed by atoms with Gasteiger partial charge in [0.1, 0.15) is 5.52 Å². The molecule has 1 atom stereocenters. The number of carbonyl (C=O) groups excluding carboxylic acids is 1. The smallest absolute Gasteiger partial charge is 0.254 e. The number of nitrogens with zero attached hydrogens (tertiary/aromatic N) is 3. The van der Waals surface area contributed by atoms with Crippen molar-refractivity contribution in [3.05, 3.63) is 59.7 Å². The van der Waals surface area contributed by atoms with Crippen molar-refractivity contribution >= 4 is 17.0 Å². The zero-order valence-electron chi connectivity index (χ0n) is 15.7. The molecule has 6 heteroatoms. The molecule has 0 spiro atoms. The lowest BCUT2D eigenvalue weighted by Crippen LogP contribution is -2.43. The normalized spacial score (nSPS) is 19.9. The van der Waals surface area contributed by atoms with E-state index < -0.39 is 0 Å². The minimum atomic E-state index is 0.0254. The number of amides is 1. The van der Waals surface area contributed by atoms with Gasteiger partial charge in [0.05, 0.1) is 18.4 Å². The average molecular weight is 377 g/mol. The summed E-state index contributed by atoms with van der Waals surface area (Å²) in [5.41, 5.74) is 3.09. The lowest BCUT2D eigenvalue weighted by molar-refractivity contribution is -0.00785. The molecule has 0 unspecified atom stereocenters. The van der Waals surface area contributed by atoms with Gasteiger partial charge in [-0.1, -0.05) is 6.07 Å². The Morgan fingerprint density at radius 1 is 1.21 bits per heavy atom. The van der Waals surface area contributed by atoms with Gasteiger partial charge in [-0.25, -0.2) is 4.98 Å². The molecular weight excluding hydrogens is 354 g/mol. The number of fused-ring (bicyclic) bond motifs is 1. The van der Waals surface area contributed by atoms with E-state index in [1.807, 2.05) is 41.3 Å². The highest BCUT2D eigenvalue weighted by Crippen LogP contribution is 2.40. The highest BCUT2D eigenvalue weighted by Gasteiger charge is 2.29. The minimum Gasteiger partial charge on any atom is -0.440 e. The summed E-state index contributed by atoms with van der Waals surface area (Å²) in [5.74, 6) is 1.30. The number of benzene rings is 1. The van der Waals surface area contributed by atoms with Crippen LogP contribution in [0.25, 0.3) is 11.1 Å². The first-order valence-electron chi connectivity index (χ1n) is 9.97. The first-order chi connectivity index (χ1) is 13.8. The molecule has 1 amide bonds. The van der Waals surface area contributed by atoms with E-state index in [4.69, 9.17) is 9.15 Å². The van der Waals surface area contributed by atoms with Crippen LogP contribution in [0.15, 0.2) is 47.0 Å². The van der Waals surface area contributed by atoms with Gasteiger partial charge in [-0.2, -0.15) is 0 Å². The van der Waals surface area contributed by atoms with E-state index >= 15 is 0 Å². The number of ether oxygens (including phenoxy) is 1. The monoisotopic (exact) mass is 377 g/mol. The second kappa shape index (κ2) is 7.36. The molecule has 1 aliphatic carbocycles. The third-order valence-electron chi connectivity index (χ3n) is 5.44. The maximum absolute atomic E-state index is 13.0. The van der Waals surface area contributed by atoms with E-state index in [0.29, 0.717) is 30.2 Å². The number of pyridine rings is 1. The molecule has 0 N–H and O–H groups in total. The molecule has 1 aromatic carbocycles. The molecule has 144 valence electrons. The van der Waals surface area contributed by atoms with Crippen molar-refractivity contribution in [1.29, 1.82) is 0 Å². The third kappa shape index (κ3) is 3.64. The van der Waals surface area contributed by atoms with Gasteiger partial charge in [0.25, 0.3) is 5.91 Å². The zero-order chi connectivity index (χ0) is 18.9. The molecule has 6 nitrogen and oxygen atoms in total. The number of hydrogen-bond donors (Lipinski definition) is 0. The van der Waals surface area contributed by atoms with Crippen LogP contribution in [0.1, 0.15) is 53.5 Å². The molecular formula is C22H23N3O3. The van der Waals surface area contributed by atoms with E-state index in [9.17, 15) is 4.79 Å². The number of carbonyl (C=O) groups is 1. The zero-order valence-corrected chi connectivity index (χ0v) is 15.7. The van der Waals surface area contributed by atoms with Gasteiger partial charge in [-0.3, -0.25) is 9.78 Å². The Bertz CT molecular complexity index is 981. The Morgan fingerprint density at radius 3 is 2.96 bits per heavy atom. The van der Waals surface area contributed by atoms with Crippen LogP contribution >= 0.6 is 0 Å². The van der Waals surface area contributed by atoms with Crippen LogP contribution in [0.4, 0.5) is 0 Å². The molecule has 1 saturated carbocycles. The molecule has 0 bridgehead atoms. The Balaban J connectivity index is 1.25. The number of likely N-dealkylation sites (tertiary alicyclic amines) is 1. The van der Waals surface area contributed by atoms with E-state index in [0.717, 1.165) is 49.3 Å². The third-order valence-corrected chi connectivity index (χ3v) is 5.44. The van der Waals surface area contributed by atoms with Crippen molar-refractivity contribution in [2.45, 2.75) is 44.3 Å². The van der Waals surface area contributed by atoms with Crippen molar-refractivity contribution in [1.82, 2.24) is 14.9 Å². The van der Waals surface area contributed by atoms with Crippen molar-refractivity contribution in [2.75, 3.05) is 13.1 Å². The van der Waals surface area contributed by atoms with E-state index in [2.05, 4.69) is 9.97 Å². The van der Waals surface area contributed by atoms with E-state index in [-0.39, 0.29) is 12.0 Å². The van der Waals surface area contributed by atoms with Crippen LogP contribution in [-0.2, 0) is 11.3 Å². The summed E-state index contributed by atoms with van der Waals surface area (Å²) in [6.07, 6.45) is 6.00. The summed E-state index contributed by atoms with van der Waals surface area (Å²) >= 11 is 0. The van der Waals surface area contributed by atoms with Crippen LogP contribution in [0.3, 0.4) is 0 Å². The van der Waals surface area contributed by atoms with Gasteiger partial charge in [-0.05, 0) is 56.0 Å². The van der Waals surface area contributed by atoms with Gasteiger partial charge >= 0.3 is 0 Å². The van der Waals surface area contributed by atoms with Crippen molar-refractivity contribution in [2.24, 2.45) is 0 Å². The Labute approximate surface area is 163 Å². The van der Waals surface area contributed by atoms with Crippen LogP contribution in [-0.4, -0.2) is 40.0 Å². The Morgan fingerprint density at radius 2 is 2.14 bits per heavy atom. The predicted octanol–water partition coefficient (Wildman–Crippen LogP) is 3.92. The summed E-state index contributed by atoms with van der Waals surface area (Å²) in [6.45, 7) is 1.83. The summed E-state index contributed by atoms with van der Waals surface area (Å²) in [6, 6.07) is 11.4. The number of oxazole rings is 1. The maximum Gasteiger partial charge on any atom is 0.254 e. The summed E-state index contributed by atoms with van der Waals surface area (Å²) in [7, 11) is 0. The van der Waals surface area contributed by atoms with Gasteiger partial charge < -0.3 is 14.1 Å². The molecule has 28 heavy (non-hydrogen) atoms. The first kappa shape index (κ1) is 17.4. The lowest BCUT2D eigenvalue weighted by atomic mass is 10.1. The molecule has 3 heterocycles. The second-order valence-corrected chi connectivity index (χ2v) is 7.66. The molecule has 5 rings (SSSR count). The van der Waals surface area contributed by atoms with Crippen molar-refractivity contribution in [3.8, 4) is 0 Å². The quantitative estimate of drug-likeness (QED) is 0.674. The molecule has 1 aliphatic heterocycles. The predicted molar refractivity (Wildman–Crippen MR) is 104 cm³/mol. The molecule has 3 aromatic rings. The van der Waals surface area contributed by atoms with Gasteiger partial charge in [-0.15, -0.1) is 0 Å². The molecule has 2 aromatic heterocycles. The minimum absolute atomic E-state index is 0.0254. The summed E-state index contributed by atoms with van der Waals surface area (Å²) in [4.78, 5) is 23.7. The first-order valence-corrected chi connectivity index (χ1v) is 9.97. The fraction of sp³-hybridized carbons (Fsp3) is 0.409. The van der Waals surface area contributed by atoms with Crippen LogP contribution in [0.2, 0.25) is 0 Å². The number of piperidine rings is 1. The van der Waals surface area contributed by atoms with E-state index in [1.54, 1.807) is 6.20 Å². The van der Waals surface area contributed by atoms with Crippen LogP contribution in [0, 0.1) is 0 Å². The summed E-state index contributed by atoms with van der Waals surface area (Å²) < 4.78 is 11.9. The SMILES string of the molecule is O=C(c1ccc2nc(C3CC3)oc2c1)N1CCC[C@@H](OCc2ccccn2)C1. The van der Waals surface area contributed by atoms with E-state index in [1.165, 1.54) is 0 Å². The average Bonchev–Trinajstić information content (AvgIpc) is 3.51. The van der Waals surface area contributed by atoms with Crippen LogP contribution < -0.4 is 0 Å². The largest absolute Gasteiger partial charge is 0.440 e. The fourth-order valence-electron chi connectivity index (χ4n) is 3.71. The maximum atomic E-state index is 13.0. The molecule has 2 fully saturated rings. The van der Waals surface area contributed by atoms with Gasteiger partial charge in [0, 0.05) is 30.8 Å².